The Balaban J connectivity index is 1.75. The van der Waals surface area contributed by atoms with Gasteiger partial charge in [-0.1, -0.05) is 0 Å². The normalized spacial score (nSPS) is 28.1. The summed E-state index contributed by atoms with van der Waals surface area (Å²) in [6.45, 7) is 12.0. The minimum Gasteiger partial charge on any atom is -0.389 e. The van der Waals surface area contributed by atoms with Crippen LogP contribution in [0.25, 0.3) is 0 Å². The van der Waals surface area contributed by atoms with Crippen molar-refractivity contribution in [1.29, 1.82) is 0 Å². The number of fused-ring (bicyclic) bond motifs is 1. The molecule has 0 aromatic carbocycles. The SMILES string of the molecule is CC(C)(C)OCC(O)CN1CCCN2CCCC2C1. The number of nitrogens with zero attached hydrogens (tertiary/aromatic N) is 2. The van der Waals surface area contributed by atoms with E-state index in [0.29, 0.717) is 6.61 Å². The van der Waals surface area contributed by atoms with E-state index in [4.69, 9.17) is 4.74 Å². The second kappa shape index (κ2) is 6.53. The van der Waals surface area contributed by atoms with Crippen LogP contribution in [0.4, 0.5) is 0 Å². The number of β-amino-alcohol motifs (C(OH)–C–C–N with tert-alkyl or cyclic N) is 1. The van der Waals surface area contributed by atoms with Gasteiger partial charge in [0.2, 0.25) is 0 Å². The van der Waals surface area contributed by atoms with Crippen LogP contribution in [-0.2, 0) is 4.74 Å². The third kappa shape index (κ3) is 5.03. The van der Waals surface area contributed by atoms with E-state index in [0.717, 1.165) is 25.7 Å². The van der Waals surface area contributed by atoms with E-state index in [2.05, 4.69) is 9.80 Å². The zero-order chi connectivity index (χ0) is 13.9. The topological polar surface area (TPSA) is 35.9 Å². The molecule has 0 saturated carbocycles. The van der Waals surface area contributed by atoms with Crippen LogP contribution in [0.1, 0.15) is 40.0 Å². The molecule has 0 aromatic rings. The molecule has 0 amide bonds. The van der Waals surface area contributed by atoms with Crippen LogP contribution >= 0.6 is 0 Å². The molecule has 112 valence electrons. The van der Waals surface area contributed by atoms with Crippen molar-refractivity contribution in [3.63, 3.8) is 0 Å². The van der Waals surface area contributed by atoms with Gasteiger partial charge in [0.15, 0.2) is 0 Å². The molecule has 2 unspecified atom stereocenters. The highest BCUT2D eigenvalue weighted by Gasteiger charge is 2.29. The maximum Gasteiger partial charge on any atom is 0.0900 e. The van der Waals surface area contributed by atoms with Crippen molar-refractivity contribution in [3.05, 3.63) is 0 Å². The Morgan fingerprint density at radius 2 is 1.95 bits per heavy atom. The zero-order valence-electron chi connectivity index (χ0n) is 12.8. The molecule has 0 spiro atoms. The van der Waals surface area contributed by atoms with Crippen molar-refractivity contribution in [2.45, 2.75) is 57.8 Å². The number of aliphatic hydroxyl groups excluding tert-OH is 1. The summed E-state index contributed by atoms with van der Waals surface area (Å²) >= 11 is 0. The molecule has 2 aliphatic heterocycles. The van der Waals surface area contributed by atoms with Crippen molar-refractivity contribution < 1.29 is 9.84 Å². The maximum atomic E-state index is 10.1. The minimum atomic E-state index is -0.368. The first-order chi connectivity index (χ1) is 8.94. The molecule has 0 aromatic heterocycles. The largest absolute Gasteiger partial charge is 0.389 e. The van der Waals surface area contributed by atoms with Crippen molar-refractivity contribution in [1.82, 2.24) is 9.80 Å². The van der Waals surface area contributed by atoms with Gasteiger partial charge in [0.25, 0.3) is 0 Å². The Kier molecular flexibility index (Phi) is 5.23. The van der Waals surface area contributed by atoms with Gasteiger partial charge in [-0.25, -0.2) is 0 Å². The van der Waals surface area contributed by atoms with Crippen LogP contribution in [0.2, 0.25) is 0 Å². The number of hydrogen-bond donors (Lipinski definition) is 1. The predicted octanol–water partition coefficient (Wildman–Crippen LogP) is 1.33. The van der Waals surface area contributed by atoms with Gasteiger partial charge in [0.1, 0.15) is 0 Å². The lowest BCUT2D eigenvalue weighted by atomic mass is 10.2. The highest BCUT2D eigenvalue weighted by Crippen LogP contribution is 2.21. The van der Waals surface area contributed by atoms with E-state index in [9.17, 15) is 5.11 Å². The van der Waals surface area contributed by atoms with Gasteiger partial charge in [0, 0.05) is 19.1 Å². The van der Waals surface area contributed by atoms with Crippen LogP contribution < -0.4 is 0 Å². The first-order valence-electron chi connectivity index (χ1n) is 7.72. The second-order valence-corrected chi connectivity index (χ2v) is 7.02. The lowest BCUT2D eigenvalue weighted by Crippen LogP contribution is -2.41. The molecule has 2 fully saturated rings. The number of aliphatic hydroxyl groups is 1. The minimum absolute atomic E-state index is 0.165. The van der Waals surface area contributed by atoms with E-state index in [1.54, 1.807) is 0 Å². The van der Waals surface area contributed by atoms with Crippen LogP contribution in [0.3, 0.4) is 0 Å². The molecule has 1 N–H and O–H groups in total. The van der Waals surface area contributed by atoms with Gasteiger partial charge in [-0.3, -0.25) is 9.80 Å². The Bertz CT molecular complexity index is 278. The van der Waals surface area contributed by atoms with Crippen LogP contribution in [0.15, 0.2) is 0 Å². The van der Waals surface area contributed by atoms with Crippen LogP contribution in [0, 0.1) is 0 Å². The van der Waals surface area contributed by atoms with E-state index >= 15 is 0 Å². The molecular weight excluding hydrogens is 240 g/mol. The standard InChI is InChI=1S/C15H30N2O2/c1-15(2,3)19-12-14(18)11-16-7-5-9-17-8-4-6-13(17)10-16/h13-14,18H,4-12H2,1-3H3. The lowest BCUT2D eigenvalue weighted by Gasteiger charge is -2.28. The third-order valence-corrected chi connectivity index (χ3v) is 4.07. The Morgan fingerprint density at radius 3 is 2.68 bits per heavy atom. The highest BCUT2D eigenvalue weighted by atomic mass is 16.5. The zero-order valence-corrected chi connectivity index (χ0v) is 12.8. The van der Waals surface area contributed by atoms with E-state index in [1.165, 1.54) is 32.4 Å². The molecule has 0 radical (unpaired) electrons. The lowest BCUT2D eigenvalue weighted by molar-refractivity contribution is -0.0563. The van der Waals surface area contributed by atoms with Crippen molar-refractivity contribution >= 4 is 0 Å². The molecule has 4 nitrogen and oxygen atoms in total. The van der Waals surface area contributed by atoms with Crippen LogP contribution in [0.5, 0.6) is 0 Å². The van der Waals surface area contributed by atoms with Crippen LogP contribution in [-0.4, -0.2) is 72.0 Å². The van der Waals surface area contributed by atoms with Gasteiger partial charge < -0.3 is 9.84 Å². The molecule has 4 heteroatoms. The number of ether oxygens (including phenoxy) is 1. The Hall–Kier alpha value is -0.160. The predicted molar refractivity (Wildman–Crippen MR) is 77.4 cm³/mol. The molecule has 2 atom stereocenters. The quantitative estimate of drug-likeness (QED) is 0.836. The fourth-order valence-corrected chi connectivity index (χ4v) is 3.15. The molecule has 19 heavy (non-hydrogen) atoms. The average Bonchev–Trinajstić information content (AvgIpc) is 2.65. The third-order valence-electron chi connectivity index (χ3n) is 4.07. The average molecular weight is 270 g/mol. The van der Waals surface area contributed by atoms with Crippen molar-refractivity contribution in [2.24, 2.45) is 0 Å². The fraction of sp³-hybridized carbons (Fsp3) is 1.00. The second-order valence-electron chi connectivity index (χ2n) is 7.02. The van der Waals surface area contributed by atoms with Crippen molar-refractivity contribution in [2.75, 3.05) is 39.3 Å². The summed E-state index contributed by atoms with van der Waals surface area (Å²) in [4.78, 5) is 5.05. The molecule has 2 heterocycles. The summed E-state index contributed by atoms with van der Waals surface area (Å²) in [5, 5.41) is 10.1. The van der Waals surface area contributed by atoms with Gasteiger partial charge >= 0.3 is 0 Å². The monoisotopic (exact) mass is 270 g/mol. The Morgan fingerprint density at radius 1 is 1.21 bits per heavy atom. The maximum absolute atomic E-state index is 10.1. The van der Waals surface area contributed by atoms with Gasteiger partial charge in [-0.15, -0.1) is 0 Å². The summed E-state index contributed by atoms with van der Waals surface area (Å²) in [6.07, 6.45) is 3.52. The highest BCUT2D eigenvalue weighted by molar-refractivity contribution is 4.85. The van der Waals surface area contributed by atoms with E-state index in [1.807, 2.05) is 20.8 Å². The van der Waals surface area contributed by atoms with Gasteiger partial charge in [0.05, 0.1) is 18.3 Å². The molecule has 2 saturated heterocycles. The van der Waals surface area contributed by atoms with Gasteiger partial charge in [-0.2, -0.15) is 0 Å². The first kappa shape index (κ1) is 15.2. The molecule has 2 aliphatic rings. The fourth-order valence-electron chi connectivity index (χ4n) is 3.15. The van der Waals surface area contributed by atoms with E-state index < -0.39 is 0 Å². The molecular formula is C15H30N2O2. The Labute approximate surface area is 117 Å². The summed E-state index contributed by atoms with van der Waals surface area (Å²) in [5.41, 5.74) is -0.165. The van der Waals surface area contributed by atoms with E-state index in [-0.39, 0.29) is 11.7 Å². The molecule has 0 bridgehead atoms. The summed E-state index contributed by atoms with van der Waals surface area (Å²) < 4.78 is 5.66. The smallest absolute Gasteiger partial charge is 0.0900 e. The molecule has 2 rings (SSSR count). The molecule has 0 aliphatic carbocycles. The number of hydrogen-bond acceptors (Lipinski definition) is 4. The van der Waals surface area contributed by atoms with Crippen molar-refractivity contribution in [3.8, 4) is 0 Å². The summed E-state index contributed by atoms with van der Waals surface area (Å²) in [5.74, 6) is 0. The number of rotatable bonds is 4. The van der Waals surface area contributed by atoms with Gasteiger partial charge in [-0.05, 0) is 59.7 Å². The first-order valence-corrected chi connectivity index (χ1v) is 7.72. The summed E-state index contributed by atoms with van der Waals surface area (Å²) in [7, 11) is 0. The summed E-state index contributed by atoms with van der Waals surface area (Å²) in [6, 6.07) is 0.721.